The minimum absolute atomic E-state index is 0.531. The van der Waals surface area contributed by atoms with Gasteiger partial charge in [-0.25, -0.2) is 4.98 Å². The van der Waals surface area contributed by atoms with Gasteiger partial charge < -0.3 is 4.57 Å². The van der Waals surface area contributed by atoms with Crippen molar-refractivity contribution >= 4 is 5.57 Å². The highest BCUT2D eigenvalue weighted by Crippen LogP contribution is 2.33. The van der Waals surface area contributed by atoms with E-state index in [-0.39, 0.29) is 0 Å². The molecule has 0 saturated heterocycles. The van der Waals surface area contributed by atoms with Crippen molar-refractivity contribution in [2.45, 2.75) is 78.2 Å². The summed E-state index contributed by atoms with van der Waals surface area (Å²) in [5, 5.41) is 0. The molecular formula is C22H34N2. The van der Waals surface area contributed by atoms with Crippen LogP contribution in [0.1, 0.15) is 83.2 Å². The summed E-state index contributed by atoms with van der Waals surface area (Å²) in [6, 6.07) is 0. The van der Waals surface area contributed by atoms with E-state index < -0.39 is 0 Å². The number of hydrogen-bond donors (Lipinski definition) is 0. The number of imidazole rings is 1. The van der Waals surface area contributed by atoms with Crippen LogP contribution in [0.3, 0.4) is 0 Å². The van der Waals surface area contributed by atoms with Crippen LogP contribution < -0.4 is 0 Å². The maximum atomic E-state index is 5.03. The zero-order valence-corrected chi connectivity index (χ0v) is 15.8. The second-order valence-electron chi connectivity index (χ2n) is 7.18. The zero-order chi connectivity index (χ0) is 17.4. The van der Waals surface area contributed by atoms with Gasteiger partial charge in [-0.15, -0.1) is 0 Å². The van der Waals surface area contributed by atoms with Crippen LogP contribution in [0.5, 0.6) is 0 Å². The molecule has 1 unspecified atom stereocenters. The van der Waals surface area contributed by atoms with E-state index in [1.807, 2.05) is 19.1 Å². The Morgan fingerprint density at radius 1 is 1.38 bits per heavy atom. The van der Waals surface area contributed by atoms with E-state index in [1.54, 1.807) is 0 Å². The van der Waals surface area contributed by atoms with Crippen molar-refractivity contribution in [3.05, 3.63) is 48.6 Å². The monoisotopic (exact) mass is 326 g/mol. The SMILES string of the molecule is C=C/C=C(\C=C/C)c1cn(CCC)c(C(C)CC2CCCCC2)n1. The third-order valence-electron chi connectivity index (χ3n) is 5.06. The third-order valence-corrected chi connectivity index (χ3v) is 5.06. The third kappa shape index (κ3) is 4.96. The highest BCUT2D eigenvalue weighted by molar-refractivity contribution is 5.72. The molecule has 0 N–H and O–H groups in total. The molecule has 0 aliphatic heterocycles. The van der Waals surface area contributed by atoms with Crippen molar-refractivity contribution in [3.8, 4) is 0 Å². The lowest BCUT2D eigenvalue weighted by atomic mass is 9.83. The van der Waals surface area contributed by atoms with E-state index >= 15 is 0 Å². The molecule has 0 amide bonds. The predicted molar refractivity (Wildman–Crippen MR) is 105 cm³/mol. The topological polar surface area (TPSA) is 17.8 Å². The van der Waals surface area contributed by atoms with Crippen molar-refractivity contribution in [3.63, 3.8) is 0 Å². The lowest BCUT2D eigenvalue weighted by Gasteiger charge is -2.24. The first-order chi connectivity index (χ1) is 11.7. The van der Waals surface area contributed by atoms with Crippen molar-refractivity contribution in [1.29, 1.82) is 0 Å². The number of aromatic nitrogens is 2. The molecule has 0 spiro atoms. The molecule has 2 rings (SSSR count). The van der Waals surface area contributed by atoms with Gasteiger partial charge in [-0.1, -0.05) is 76.8 Å². The first-order valence-electron chi connectivity index (χ1n) is 9.72. The van der Waals surface area contributed by atoms with Crippen LogP contribution in [0.4, 0.5) is 0 Å². The Hall–Kier alpha value is -1.57. The Kier molecular flexibility index (Phi) is 7.55. The Morgan fingerprint density at radius 2 is 2.12 bits per heavy atom. The zero-order valence-electron chi connectivity index (χ0n) is 15.8. The summed E-state index contributed by atoms with van der Waals surface area (Å²) >= 11 is 0. The van der Waals surface area contributed by atoms with E-state index in [0.29, 0.717) is 5.92 Å². The molecular weight excluding hydrogens is 292 g/mol. The Morgan fingerprint density at radius 3 is 2.75 bits per heavy atom. The first kappa shape index (κ1) is 18.8. The quantitative estimate of drug-likeness (QED) is 0.498. The lowest BCUT2D eigenvalue weighted by molar-refractivity contribution is 0.317. The fraction of sp³-hybridized carbons (Fsp3) is 0.591. The fourth-order valence-corrected chi connectivity index (χ4v) is 3.94. The van der Waals surface area contributed by atoms with Gasteiger partial charge in [0.2, 0.25) is 0 Å². The molecule has 2 nitrogen and oxygen atoms in total. The molecule has 0 radical (unpaired) electrons. The molecule has 1 fully saturated rings. The predicted octanol–water partition coefficient (Wildman–Crippen LogP) is 6.51. The van der Waals surface area contributed by atoms with E-state index in [2.05, 4.69) is 43.3 Å². The number of hydrogen-bond acceptors (Lipinski definition) is 1. The summed E-state index contributed by atoms with van der Waals surface area (Å²) < 4.78 is 2.38. The van der Waals surface area contributed by atoms with E-state index in [4.69, 9.17) is 4.98 Å². The smallest absolute Gasteiger partial charge is 0.112 e. The molecule has 0 aromatic carbocycles. The molecule has 1 aromatic rings. The fourth-order valence-electron chi connectivity index (χ4n) is 3.94. The van der Waals surface area contributed by atoms with Crippen LogP contribution in [-0.4, -0.2) is 9.55 Å². The highest BCUT2D eigenvalue weighted by atomic mass is 15.1. The minimum Gasteiger partial charge on any atom is -0.334 e. The summed E-state index contributed by atoms with van der Waals surface area (Å²) in [4.78, 5) is 5.03. The summed E-state index contributed by atoms with van der Waals surface area (Å²) in [7, 11) is 0. The van der Waals surface area contributed by atoms with E-state index in [0.717, 1.165) is 30.2 Å². The summed E-state index contributed by atoms with van der Waals surface area (Å²) in [5.41, 5.74) is 2.22. The second kappa shape index (κ2) is 9.66. The largest absolute Gasteiger partial charge is 0.334 e. The average Bonchev–Trinajstić information content (AvgIpc) is 3.00. The minimum atomic E-state index is 0.531. The van der Waals surface area contributed by atoms with Crippen LogP contribution in [0, 0.1) is 5.92 Å². The van der Waals surface area contributed by atoms with Gasteiger partial charge in [0, 0.05) is 24.2 Å². The van der Waals surface area contributed by atoms with Crippen molar-refractivity contribution in [1.82, 2.24) is 9.55 Å². The summed E-state index contributed by atoms with van der Waals surface area (Å²) in [5.74, 6) is 2.68. The Bertz CT molecular complexity index is 571. The van der Waals surface area contributed by atoms with Crippen LogP contribution >= 0.6 is 0 Å². The van der Waals surface area contributed by atoms with E-state index in [9.17, 15) is 0 Å². The van der Waals surface area contributed by atoms with Crippen molar-refractivity contribution < 1.29 is 0 Å². The molecule has 0 bridgehead atoms. The summed E-state index contributed by atoms with van der Waals surface area (Å²) in [6.07, 6.45) is 19.8. The molecule has 1 atom stereocenters. The normalized spacial score (nSPS) is 18.2. The van der Waals surface area contributed by atoms with Gasteiger partial charge in [0.15, 0.2) is 0 Å². The molecule has 1 aromatic heterocycles. The molecule has 1 aliphatic carbocycles. The van der Waals surface area contributed by atoms with Gasteiger partial charge in [0.1, 0.15) is 5.82 Å². The van der Waals surface area contributed by atoms with Gasteiger partial charge in [0.25, 0.3) is 0 Å². The van der Waals surface area contributed by atoms with E-state index in [1.165, 1.54) is 44.3 Å². The van der Waals surface area contributed by atoms with Crippen LogP contribution in [0.15, 0.2) is 37.1 Å². The molecule has 132 valence electrons. The molecule has 1 heterocycles. The average molecular weight is 327 g/mol. The van der Waals surface area contributed by atoms with Crippen LogP contribution in [0.2, 0.25) is 0 Å². The lowest BCUT2D eigenvalue weighted by Crippen LogP contribution is -2.13. The maximum Gasteiger partial charge on any atom is 0.112 e. The number of aryl methyl sites for hydroxylation is 1. The van der Waals surface area contributed by atoms with Crippen molar-refractivity contribution in [2.24, 2.45) is 5.92 Å². The Labute approximate surface area is 148 Å². The standard InChI is InChI=1S/C22H34N2/c1-5-11-20(12-6-2)21-17-24(15-7-3)22(23-21)18(4)16-19-13-9-8-10-14-19/h5-6,11-12,17-19H,1,7-10,13-16H2,2-4H3/b12-6-,20-11+. The number of allylic oxidation sites excluding steroid dienone is 5. The maximum absolute atomic E-state index is 5.03. The first-order valence-corrected chi connectivity index (χ1v) is 9.72. The molecule has 24 heavy (non-hydrogen) atoms. The van der Waals surface area contributed by atoms with Gasteiger partial charge in [-0.2, -0.15) is 0 Å². The number of rotatable bonds is 8. The molecule has 1 saturated carbocycles. The van der Waals surface area contributed by atoms with Gasteiger partial charge >= 0.3 is 0 Å². The van der Waals surface area contributed by atoms with Crippen molar-refractivity contribution in [2.75, 3.05) is 0 Å². The van der Waals surface area contributed by atoms with Gasteiger partial charge in [-0.05, 0) is 25.7 Å². The molecule has 1 aliphatic rings. The Balaban J connectivity index is 2.23. The van der Waals surface area contributed by atoms with Crippen LogP contribution in [-0.2, 0) is 6.54 Å². The van der Waals surface area contributed by atoms with Gasteiger partial charge in [-0.3, -0.25) is 0 Å². The highest BCUT2D eigenvalue weighted by Gasteiger charge is 2.21. The van der Waals surface area contributed by atoms with Crippen LogP contribution in [0.25, 0.3) is 5.57 Å². The number of nitrogens with zero attached hydrogens (tertiary/aromatic N) is 2. The second-order valence-corrected chi connectivity index (χ2v) is 7.18. The molecule has 2 heteroatoms. The van der Waals surface area contributed by atoms with Gasteiger partial charge in [0.05, 0.1) is 5.69 Å². The summed E-state index contributed by atoms with van der Waals surface area (Å²) in [6.45, 7) is 11.5.